The van der Waals surface area contributed by atoms with E-state index in [-0.39, 0.29) is 5.82 Å². The number of hydrogen-bond donors (Lipinski definition) is 4. The van der Waals surface area contributed by atoms with Crippen LogP contribution in [0.3, 0.4) is 0 Å². The minimum atomic E-state index is -2.04. The van der Waals surface area contributed by atoms with Crippen molar-refractivity contribution in [2.45, 2.75) is 44.0 Å². The third kappa shape index (κ3) is 2.52. The van der Waals surface area contributed by atoms with E-state index < -0.39 is 35.8 Å². The fourth-order valence-electron chi connectivity index (χ4n) is 2.32. The molecule has 0 spiro atoms. The molecule has 0 aromatic carbocycles. The zero-order chi connectivity index (χ0) is 15.8. The number of hydrogen-bond acceptors (Lipinski definition) is 7. The van der Waals surface area contributed by atoms with Crippen molar-refractivity contribution in [3.05, 3.63) is 22.7 Å². The fraction of sp³-hybridized carbons (Fsp3) is 0.538. The molecule has 0 saturated carbocycles. The van der Waals surface area contributed by atoms with E-state index in [0.717, 1.165) is 4.57 Å². The highest BCUT2D eigenvalue weighted by molar-refractivity contribution is 5.26. The van der Waals surface area contributed by atoms with E-state index in [4.69, 9.17) is 10.5 Å². The average Bonchev–Trinajstić information content (AvgIpc) is 2.64. The van der Waals surface area contributed by atoms with Gasteiger partial charge in [0.2, 0.25) is 0 Å². The predicted molar refractivity (Wildman–Crippen MR) is 72.9 cm³/mol. The Balaban J connectivity index is 2.54. The van der Waals surface area contributed by atoms with E-state index >= 15 is 0 Å². The van der Waals surface area contributed by atoms with Crippen LogP contribution in [0.2, 0.25) is 0 Å². The molecule has 1 fully saturated rings. The number of anilines is 1. The van der Waals surface area contributed by atoms with E-state index in [1.165, 1.54) is 26.1 Å². The number of rotatable bonds is 2. The monoisotopic (exact) mass is 295 g/mol. The van der Waals surface area contributed by atoms with Crippen molar-refractivity contribution in [2.75, 3.05) is 5.73 Å². The van der Waals surface area contributed by atoms with E-state index in [0.29, 0.717) is 0 Å². The normalized spacial score (nSPS) is 33.3. The molecule has 0 radical (unpaired) electrons. The number of ether oxygens (including phenoxy) is 1. The van der Waals surface area contributed by atoms with E-state index in [1.807, 2.05) is 0 Å². The van der Waals surface area contributed by atoms with Gasteiger partial charge >= 0.3 is 5.69 Å². The van der Waals surface area contributed by atoms with Gasteiger partial charge in [-0.05, 0) is 19.9 Å². The molecular weight excluding hydrogens is 278 g/mol. The molecule has 5 atom stereocenters. The largest absolute Gasteiger partial charge is 0.391 e. The summed E-state index contributed by atoms with van der Waals surface area (Å²) in [5.74, 6) is 4.96. The van der Waals surface area contributed by atoms with Gasteiger partial charge in [0.05, 0.1) is 6.10 Å². The number of nitrogens with two attached hydrogens (primary N) is 1. The van der Waals surface area contributed by atoms with Crippen molar-refractivity contribution in [3.63, 3.8) is 0 Å². The molecule has 21 heavy (non-hydrogen) atoms. The minimum absolute atomic E-state index is 0.0204. The molecule has 1 aromatic rings. The highest BCUT2D eigenvalue weighted by atomic mass is 16.6. The molecule has 0 aliphatic carbocycles. The Bertz CT molecular complexity index is 647. The summed E-state index contributed by atoms with van der Waals surface area (Å²) in [5.41, 5.74) is 2.61. The summed E-state index contributed by atoms with van der Waals surface area (Å²) in [5, 5.41) is 30.4. The van der Waals surface area contributed by atoms with Crippen molar-refractivity contribution >= 4 is 5.82 Å². The van der Waals surface area contributed by atoms with Gasteiger partial charge in [-0.3, -0.25) is 4.57 Å². The van der Waals surface area contributed by atoms with Gasteiger partial charge in [-0.25, -0.2) is 4.79 Å². The van der Waals surface area contributed by atoms with Gasteiger partial charge in [-0.2, -0.15) is 4.98 Å². The third-order valence-corrected chi connectivity index (χ3v) is 3.33. The lowest BCUT2D eigenvalue weighted by Crippen LogP contribution is -2.48. The van der Waals surface area contributed by atoms with Crippen LogP contribution >= 0.6 is 0 Å². The molecule has 1 aliphatic rings. The summed E-state index contributed by atoms with van der Waals surface area (Å²) in [7, 11) is 0. The fourth-order valence-corrected chi connectivity index (χ4v) is 2.32. The Morgan fingerprint density at radius 3 is 2.81 bits per heavy atom. The quantitative estimate of drug-likeness (QED) is 0.474. The molecular formula is C13H17N3O5. The summed E-state index contributed by atoms with van der Waals surface area (Å²) in [6.07, 6.45) is -3.66. The van der Waals surface area contributed by atoms with Crippen LogP contribution in [0.4, 0.5) is 5.82 Å². The first kappa shape index (κ1) is 15.5. The zero-order valence-electron chi connectivity index (χ0n) is 11.6. The van der Waals surface area contributed by atoms with E-state index in [1.54, 1.807) is 0 Å². The number of nitrogen functional groups attached to an aromatic ring is 1. The van der Waals surface area contributed by atoms with Gasteiger partial charge in [0.1, 0.15) is 18.0 Å². The molecule has 5 N–H and O–H groups in total. The van der Waals surface area contributed by atoms with Crippen LogP contribution in [0.15, 0.2) is 17.1 Å². The summed E-state index contributed by atoms with van der Waals surface area (Å²) in [6.45, 7) is 2.88. The molecule has 114 valence electrons. The molecule has 0 amide bonds. The van der Waals surface area contributed by atoms with Crippen LogP contribution in [0.25, 0.3) is 0 Å². The SMILES string of the molecule is CC#C[C@@]1(O)C(O)[C@@H]([C@H](C)O)O[C@H]1n1ccc(N)nc1=O. The number of aliphatic hydroxyl groups is 3. The first-order valence-electron chi connectivity index (χ1n) is 6.33. The number of nitrogens with zero attached hydrogens (tertiary/aromatic N) is 2. The molecule has 8 heteroatoms. The summed E-state index contributed by atoms with van der Waals surface area (Å²) < 4.78 is 6.42. The molecule has 2 rings (SSSR count). The molecule has 1 unspecified atom stereocenters. The molecule has 1 aromatic heterocycles. The Hall–Kier alpha value is -1.92. The molecule has 1 saturated heterocycles. The topological polar surface area (TPSA) is 131 Å². The molecule has 0 bridgehead atoms. The Morgan fingerprint density at radius 2 is 2.29 bits per heavy atom. The molecule has 2 heterocycles. The van der Waals surface area contributed by atoms with Crippen molar-refractivity contribution in [2.24, 2.45) is 0 Å². The lowest BCUT2D eigenvalue weighted by Gasteiger charge is -2.26. The number of aromatic nitrogens is 2. The van der Waals surface area contributed by atoms with Crippen LogP contribution in [-0.2, 0) is 4.74 Å². The van der Waals surface area contributed by atoms with E-state index in [9.17, 15) is 20.1 Å². The molecule has 8 nitrogen and oxygen atoms in total. The maximum Gasteiger partial charge on any atom is 0.351 e. The van der Waals surface area contributed by atoms with Gasteiger partial charge in [0.15, 0.2) is 11.8 Å². The second-order valence-electron chi connectivity index (χ2n) is 4.88. The Kier molecular flexibility index (Phi) is 4.02. The van der Waals surface area contributed by atoms with Crippen LogP contribution < -0.4 is 11.4 Å². The maximum absolute atomic E-state index is 11.9. The van der Waals surface area contributed by atoms with Crippen molar-refractivity contribution in [3.8, 4) is 11.8 Å². The summed E-state index contributed by atoms with van der Waals surface area (Å²) in [6, 6.07) is 1.35. The first-order valence-corrected chi connectivity index (χ1v) is 6.33. The standard InChI is InChI=1S/C13H17N3O5/c1-3-5-13(20)10(18)9(7(2)17)21-11(13)16-6-4-8(14)15-12(16)19/h4,6-7,9-11,17-18,20H,1-2H3,(H2,14,15,19)/t7-,9+,10?,11+,13+/m0/s1. The Morgan fingerprint density at radius 1 is 1.62 bits per heavy atom. The second-order valence-corrected chi connectivity index (χ2v) is 4.88. The van der Waals surface area contributed by atoms with Crippen LogP contribution in [0.5, 0.6) is 0 Å². The smallest absolute Gasteiger partial charge is 0.351 e. The summed E-state index contributed by atoms with van der Waals surface area (Å²) in [4.78, 5) is 15.4. The lowest BCUT2D eigenvalue weighted by atomic mass is 9.93. The Labute approximate surface area is 120 Å². The summed E-state index contributed by atoms with van der Waals surface area (Å²) >= 11 is 0. The van der Waals surface area contributed by atoms with Crippen molar-refractivity contribution in [1.82, 2.24) is 9.55 Å². The molecule has 1 aliphatic heterocycles. The van der Waals surface area contributed by atoms with Gasteiger partial charge in [0, 0.05) is 6.20 Å². The van der Waals surface area contributed by atoms with Gasteiger partial charge in [-0.1, -0.05) is 5.92 Å². The van der Waals surface area contributed by atoms with E-state index in [2.05, 4.69) is 16.8 Å². The lowest BCUT2D eigenvalue weighted by molar-refractivity contribution is -0.0883. The average molecular weight is 295 g/mol. The van der Waals surface area contributed by atoms with Crippen LogP contribution in [-0.4, -0.2) is 48.8 Å². The van der Waals surface area contributed by atoms with Gasteiger partial charge in [0.25, 0.3) is 0 Å². The first-order chi connectivity index (χ1) is 9.81. The van der Waals surface area contributed by atoms with Gasteiger partial charge < -0.3 is 25.8 Å². The van der Waals surface area contributed by atoms with Crippen molar-refractivity contribution < 1.29 is 20.1 Å². The minimum Gasteiger partial charge on any atom is -0.391 e. The van der Waals surface area contributed by atoms with Gasteiger partial charge in [-0.15, -0.1) is 5.92 Å². The van der Waals surface area contributed by atoms with Crippen molar-refractivity contribution in [1.29, 1.82) is 0 Å². The highest BCUT2D eigenvalue weighted by Crippen LogP contribution is 2.38. The van der Waals surface area contributed by atoms with Crippen LogP contribution in [0, 0.1) is 11.8 Å². The second kappa shape index (κ2) is 5.46. The zero-order valence-corrected chi connectivity index (χ0v) is 11.6. The maximum atomic E-state index is 11.9. The third-order valence-electron chi connectivity index (χ3n) is 3.33. The predicted octanol–water partition coefficient (Wildman–Crippen LogP) is -1.78. The van der Waals surface area contributed by atoms with Crippen LogP contribution in [0.1, 0.15) is 20.1 Å². The number of aliphatic hydroxyl groups excluding tert-OH is 2. The highest BCUT2D eigenvalue weighted by Gasteiger charge is 2.57.